The Morgan fingerprint density at radius 1 is 0.927 bits per heavy atom. The van der Waals surface area contributed by atoms with E-state index in [1.165, 1.54) is 0 Å². The van der Waals surface area contributed by atoms with Gasteiger partial charge in [-0.25, -0.2) is 0 Å². The number of nitrogens with zero attached hydrogens (tertiary/aromatic N) is 1. The van der Waals surface area contributed by atoms with Gasteiger partial charge in [0.1, 0.15) is 54.9 Å². The third kappa shape index (κ3) is 8.08. The summed E-state index contributed by atoms with van der Waals surface area (Å²) in [6.07, 6.45) is -14.7. The van der Waals surface area contributed by atoms with Gasteiger partial charge in [0.2, 0.25) is 17.7 Å². The van der Waals surface area contributed by atoms with Crippen LogP contribution >= 0.6 is 0 Å². The lowest BCUT2D eigenvalue weighted by molar-refractivity contribution is -0.343. The zero-order chi connectivity index (χ0) is 30.4. The summed E-state index contributed by atoms with van der Waals surface area (Å²) in [5, 5.41) is 75.3. The van der Waals surface area contributed by atoms with Gasteiger partial charge < -0.3 is 71.2 Å². The summed E-state index contributed by atoms with van der Waals surface area (Å²) in [6, 6.07) is -1.89. The second-order valence-corrected chi connectivity index (χ2v) is 10.5. The average Bonchev–Trinajstić information content (AvgIpc) is 3.50. The monoisotopic (exact) mass is 594 g/mol. The number of nitrogens with two attached hydrogens (primary N) is 1. The van der Waals surface area contributed by atoms with Gasteiger partial charge in [-0.05, 0) is 26.2 Å². The van der Waals surface area contributed by atoms with E-state index in [0.29, 0.717) is 13.1 Å². The standard InChI is InChI=1S/C24H42N4O13/c1-10(23(38)28-6-2-3-7-28)26-21(37)11(25)4-5-14(31)27-22-18(35)17(34)20(13(9-30)39-22)41-24-19(36)16(33)15(32)12(8-29)40-24/h10-13,15-20,22,24,29-30,32-36H,2-9,25H2,1H3,(H,26,37)(H,27,31). The lowest BCUT2D eigenvalue weighted by atomic mass is 9.96. The van der Waals surface area contributed by atoms with Crippen molar-refractivity contribution in [2.75, 3.05) is 26.3 Å². The second kappa shape index (κ2) is 14.9. The maximum atomic E-state index is 12.5. The molecule has 0 aromatic rings. The number of likely N-dealkylation sites (tertiary alicyclic amines) is 1. The van der Waals surface area contributed by atoms with Crippen molar-refractivity contribution in [2.45, 2.75) is 106 Å². The summed E-state index contributed by atoms with van der Waals surface area (Å²) in [6.45, 7) is 1.32. The zero-order valence-electron chi connectivity index (χ0n) is 22.7. The molecular weight excluding hydrogens is 552 g/mol. The fourth-order valence-corrected chi connectivity index (χ4v) is 4.95. The lowest BCUT2D eigenvalue weighted by Crippen LogP contribution is -2.66. The van der Waals surface area contributed by atoms with E-state index < -0.39 is 98.5 Å². The molecule has 3 saturated heterocycles. The normalized spacial score (nSPS) is 37.3. The van der Waals surface area contributed by atoms with Crippen molar-refractivity contribution in [3.8, 4) is 0 Å². The molecule has 17 nitrogen and oxygen atoms in total. The van der Waals surface area contributed by atoms with E-state index in [1.54, 1.807) is 11.8 Å². The first-order valence-corrected chi connectivity index (χ1v) is 13.6. The molecule has 0 bridgehead atoms. The number of carbonyl (C=O) groups is 3. The van der Waals surface area contributed by atoms with Crippen LogP contribution in [0.5, 0.6) is 0 Å². The Bertz CT molecular complexity index is 890. The van der Waals surface area contributed by atoms with Crippen molar-refractivity contribution in [2.24, 2.45) is 5.73 Å². The van der Waals surface area contributed by atoms with Gasteiger partial charge in [0.25, 0.3) is 0 Å². The lowest BCUT2D eigenvalue weighted by Gasteiger charge is -2.46. The first-order chi connectivity index (χ1) is 19.4. The smallest absolute Gasteiger partial charge is 0.244 e. The minimum atomic E-state index is -1.81. The van der Waals surface area contributed by atoms with Crippen LogP contribution in [0.3, 0.4) is 0 Å². The third-order valence-electron chi connectivity index (χ3n) is 7.47. The predicted octanol–water partition coefficient (Wildman–Crippen LogP) is -6.04. The maximum Gasteiger partial charge on any atom is 0.244 e. The number of amides is 3. The molecule has 0 spiro atoms. The fraction of sp³-hybridized carbons (Fsp3) is 0.875. The molecule has 3 heterocycles. The Morgan fingerprint density at radius 2 is 1.56 bits per heavy atom. The molecule has 0 aliphatic carbocycles. The van der Waals surface area contributed by atoms with Gasteiger partial charge >= 0.3 is 0 Å². The Labute approximate surface area is 236 Å². The Morgan fingerprint density at radius 3 is 2.17 bits per heavy atom. The first-order valence-electron chi connectivity index (χ1n) is 13.6. The summed E-state index contributed by atoms with van der Waals surface area (Å²) < 4.78 is 16.2. The molecule has 17 heteroatoms. The number of aliphatic hydroxyl groups excluding tert-OH is 7. The van der Waals surface area contributed by atoms with Crippen LogP contribution in [0, 0.1) is 0 Å². The van der Waals surface area contributed by atoms with E-state index in [-0.39, 0.29) is 18.7 Å². The van der Waals surface area contributed by atoms with Crippen LogP contribution < -0.4 is 16.4 Å². The van der Waals surface area contributed by atoms with Crippen LogP contribution in [0.25, 0.3) is 0 Å². The summed E-state index contributed by atoms with van der Waals surface area (Å²) in [5.74, 6) is -1.53. The van der Waals surface area contributed by atoms with Crippen LogP contribution in [0.15, 0.2) is 0 Å². The van der Waals surface area contributed by atoms with E-state index >= 15 is 0 Å². The van der Waals surface area contributed by atoms with E-state index in [9.17, 15) is 50.1 Å². The minimum Gasteiger partial charge on any atom is -0.394 e. The molecule has 3 rings (SSSR count). The molecule has 0 saturated carbocycles. The zero-order valence-corrected chi connectivity index (χ0v) is 22.7. The van der Waals surface area contributed by atoms with Crippen LogP contribution in [0.4, 0.5) is 0 Å². The Kier molecular flexibility index (Phi) is 12.2. The number of carbonyl (C=O) groups excluding carboxylic acids is 3. The highest BCUT2D eigenvalue weighted by Crippen LogP contribution is 2.28. The van der Waals surface area contributed by atoms with Gasteiger partial charge in [0.05, 0.1) is 19.3 Å². The van der Waals surface area contributed by atoms with Crippen LogP contribution in [-0.4, -0.2) is 158 Å². The third-order valence-corrected chi connectivity index (χ3v) is 7.47. The number of nitrogens with one attached hydrogen (secondary N) is 2. The van der Waals surface area contributed by atoms with Crippen LogP contribution in [-0.2, 0) is 28.6 Å². The molecule has 11 N–H and O–H groups in total. The van der Waals surface area contributed by atoms with Crippen molar-refractivity contribution in [3.05, 3.63) is 0 Å². The first kappa shape index (κ1) is 33.5. The van der Waals surface area contributed by atoms with Crippen molar-refractivity contribution in [1.82, 2.24) is 15.5 Å². The molecule has 3 aliphatic rings. The second-order valence-electron chi connectivity index (χ2n) is 10.5. The Balaban J connectivity index is 1.50. The molecule has 236 valence electrons. The summed E-state index contributed by atoms with van der Waals surface area (Å²) in [7, 11) is 0. The molecule has 3 fully saturated rings. The highest BCUT2D eigenvalue weighted by Gasteiger charge is 2.50. The maximum absolute atomic E-state index is 12.5. The number of hydrogen-bond donors (Lipinski definition) is 10. The molecule has 12 unspecified atom stereocenters. The number of aliphatic hydroxyl groups is 7. The van der Waals surface area contributed by atoms with Crippen molar-refractivity contribution < 1.29 is 64.3 Å². The topological polar surface area (TPSA) is 274 Å². The van der Waals surface area contributed by atoms with Gasteiger partial charge in [0.15, 0.2) is 12.5 Å². The molecule has 12 atom stereocenters. The quantitative estimate of drug-likeness (QED) is 0.107. The minimum absolute atomic E-state index is 0.111. The molecular formula is C24H42N4O13. The highest BCUT2D eigenvalue weighted by atomic mass is 16.7. The molecule has 3 amide bonds. The van der Waals surface area contributed by atoms with Gasteiger partial charge in [-0.1, -0.05) is 0 Å². The van der Waals surface area contributed by atoms with Crippen molar-refractivity contribution >= 4 is 17.7 Å². The van der Waals surface area contributed by atoms with Gasteiger partial charge in [-0.2, -0.15) is 0 Å². The van der Waals surface area contributed by atoms with Crippen LogP contribution in [0.2, 0.25) is 0 Å². The van der Waals surface area contributed by atoms with Crippen molar-refractivity contribution in [1.29, 1.82) is 0 Å². The highest BCUT2D eigenvalue weighted by molar-refractivity contribution is 5.89. The van der Waals surface area contributed by atoms with Gasteiger partial charge in [-0.15, -0.1) is 0 Å². The summed E-state index contributed by atoms with van der Waals surface area (Å²) in [4.78, 5) is 39.0. The average molecular weight is 595 g/mol. The molecule has 0 aromatic heterocycles. The predicted molar refractivity (Wildman–Crippen MR) is 135 cm³/mol. The molecule has 41 heavy (non-hydrogen) atoms. The van der Waals surface area contributed by atoms with E-state index in [1.807, 2.05) is 0 Å². The Hall–Kier alpha value is -2.03. The summed E-state index contributed by atoms with van der Waals surface area (Å²) in [5.41, 5.74) is 5.88. The number of hydrogen-bond acceptors (Lipinski definition) is 14. The summed E-state index contributed by atoms with van der Waals surface area (Å²) >= 11 is 0. The number of rotatable bonds is 11. The van der Waals surface area contributed by atoms with Crippen LogP contribution in [0.1, 0.15) is 32.6 Å². The molecule has 0 radical (unpaired) electrons. The van der Waals surface area contributed by atoms with Crippen molar-refractivity contribution in [3.63, 3.8) is 0 Å². The van der Waals surface area contributed by atoms with E-state index in [2.05, 4.69) is 10.6 Å². The largest absolute Gasteiger partial charge is 0.394 e. The van der Waals surface area contributed by atoms with E-state index in [4.69, 9.17) is 19.9 Å². The van der Waals surface area contributed by atoms with E-state index in [0.717, 1.165) is 12.8 Å². The molecule has 0 aromatic carbocycles. The SMILES string of the molecule is CC(NC(=O)C(N)CCC(=O)NC1OC(CO)C(OC2OC(CO)C(O)C(O)C2O)C(O)C1O)C(=O)N1CCCC1. The van der Waals surface area contributed by atoms with Gasteiger partial charge in [-0.3, -0.25) is 14.4 Å². The molecule has 3 aliphatic heterocycles. The fourth-order valence-electron chi connectivity index (χ4n) is 4.95. The number of ether oxygens (including phenoxy) is 3. The van der Waals surface area contributed by atoms with Gasteiger partial charge in [0, 0.05) is 19.5 Å².